The van der Waals surface area contributed by atoms with Gasteiger partial charge in [0.1, 0.15) is 17.7 Å². The number of nitrogens with zero attached hydrogens (tertiary/aromatic N) is 3. The van der Waals surface area contributed by atoms with Gasteiger partial charge in [0.2, 0.25) is 0 Å². The first-order valence-electron chi connectivity index (χ1n) is 8.25. The van der Waals surface area contributed by atoms with Crippen LogP contribution in [0.4, 0.5) is 5.82 Å². The molecular formula is C19H23N3O2. The molecular weight excluding hydrogens is 302 g/mol. The van der Waals surface area contributed by atoms with Crippen molar-refractivity contribution in [1.82, 2.24) is 9.88 Å². The molecule has 5 heteroatoms. The standard InChI is InChI=1S/C19H23N3O2/c1-4-14-6-5-7-16(10-14)24-17-12-22(13-17)19(23)15-8-9-18(20-11-15)21(2)3/h5-11,17H,4,12-13H2,1-3H3. The van der Waals surface area contributed by atoms with E-state index in [0.717, 1.165) is 18.0 Å². The van der Waals surface area contributed by atoms with Crippen molar-refractivity contribution in [2.45, 2.75) is 19.4 Å². The minimum Gasteiger partial charge on any atom is -0.487 e. The second-order valence-corrected chi connectivity index (χ2v) is 6.25. The summed E-state index contributed by atoms with van der Waals surface area (Å²) in [5.74, 6) is 1.73. The molecule has 3 rings (SSSR count). The van der Waals surface area contributed by atoms with Gasteiger partial charge in [0, 0.05) is 20.3 Å². The predicted octanol–water partition coefficient (Wildman–Crippen LogP) is 2.61. The molecule has 0 unspecified atom stereocenters. The number of hydrogen-bond acceptors (Lipinski definition) is 4. The molecule has 0 spiro atoms. The van der Waals surface area contributed by atoms with Gasteiger partial charge < -0.3 is 14.5 Å². The van der Waals surface area contributed by atoms with Crippen LogP contribution in [0.2, 0.25) is 0 Å². The fourth-order valence-corrected chi connectivity index (χ4v) is 2.67. The van der Waals surface area contributed by atoms with E-state index in [1.807, 2.05) is 43.3 Å². The molecule has 126 valence electrons. The van der Waals surface area contributed by atoms with Gasteiger partial charge in [-0.05, 0) is 36.2 Å². The van der Waals surface area contributed by atoms with Crippen LogP contribution in [0.15, 0.2) is 42.6 Å². The number of rotatable bonds is 5. The van der Waals surface area contributed by atoms with Gasteiger partial charge in [-0.2, -0.15) is 0 Å². The molecule has 1 fully saturated rings. The average molecular weight is 325 g/mol. The van der Waals surface area contributed by atoms with Crippen LogP contribution < -0.4 is 9.64 Å². The molecule has 24 heavy (non-hydrogen) atoms. The maximum Gasteiger partial charge on any atom is 0.255 e. The number of aryl methyl sites for hydroxylation is 1. The van der Waals surface area contributed by atoms with Crippen LogP contribution in [0.3, 0.4) is 0 Å². The number of ether oxygens (including phenoxy) is 1. The molecule has 1 aliphatic rings. The van der Waals surface area contributed by atoms with Crippen molar-refractivity contribution < 1.29 is 9.53 Å². The smallest absolute Gasteiger partial charge is 0.255 e. The summed E-state index contributed by atoms with van der Waals surface area (Å²) in [6, 6.07) is 11.8. The molecule has 5 nitrogen and oxygen atoms in total. The highest BCUT2D eigenvalue weighted by Gasteiger charge is 2.33. The lowest BCUT2D eigenvalue weighted by atomic mass is 10.1. The molecule has 2 aromatic rings. The van der Waals surface area contributed by atoms with Crippen molar-refractivity contribution in [3.05, 3.63) is 53.7 Å². The number of aromatic nitrogens is 1. The number of carbonyl (C=O) groups is 1. The fourth-order valence-electron chi connectivity index (χ4n) is 2.67. The van der Waals surface area contributed by atoms with Gasteiger partial charge in [-0.25, -0.2) is 4.98 Å². The topological polar surface area (TPSA) is 45.7 Å². The molecule has 1 amide bonds. The Labute approximate surface area is 142 Å². The van der Waals surface area contributed by atoms with Crippen LogP contribution in [-0.2, 0) is 6.42 Å². The Morgan fingerprint density at radius 2 is 2.08 bits per heavy atom. The van der Waals surface area contributed by atoms with Crippen LogP contribution in [0, 0.1) is 0 Å². The zero-order chi connectivity index (χ0) is 17.1. The first kappa shape index (κ1) is 16.3. The van der Waals surface area contributed by atoms with Gasteiger partial charge >= 0.3 is 0 Å². The second-order valence-electron chi connectivity index (χ2n) is 6.25. The van der Waals surface area contributed by atoms with Crippen molar-refractivity contribution in [3.63, 3.8) is 0 Å². The highest BCUT2D eigenvalue weighted by atomic mass is 16.5. The van der Waals surface area contributed by atoms with Crippen LogP contribution in [-0.4, -0.2) is 49.1 Å². The number of carbonyl (C=O) groups excluding carboxylic acids is 1. The van der Waals surface area contributed by atoms with Crippen LogP contribution in [0.1, 0.15) is 22.8 Å². The van der Waals surface area contributed by atoms with E-state index in [2.05, 4.69) is 24.0 Å². The van der Waals surface area contributed by atoms with E-state index < -0.39 is 0 Å². The SMILES string of the molecule is CCc1cccc(OC2CN(C(=O)c3ccc(N(C)C)nc3)C2)c1. The molecule has 1 aromatic carbocycles. The highest BCUT2D eigenvalue weighted by molar-refractivity contribution is 5.94. The molecule has 0 N–H and O–H groups in total. The molecule has 1 aromatic heterocycles. The van der Waals surface area contributed by atoms with Crippen molar-refractivity contribution in [1.29, 1.82) is 0 Å². The van der Waals surface area contributed by atoms with Gasteiger partial charge in [-0.3, -0.25) is 4.79 Å². The third-order valence-electron chi connectivity index (χ3n) is 4.20. The lowest BCUT2D eigenvalue weighted by Gasteiger charge is -2.39. The third-order valence-corrected chi connectivity index (χ3v) is 4.20. The van der Waals surface area contributed by atoms with Crippen molar-refractivity contribution in [2.24, 2.45) is 0 Å². The maximum absolute atomic E-state index is 12.4. The summed E-state index contributed by atoms with van der Waals surface area (Å²) in [4.78, 5) is 20.4. The summed E-state index contributed by atoms with van der Waals surface area (Å²) in [7, 11) is 3.85. The van der Waals surface area contributed by atoms with Crippen LogP contribution >= 0.6 is 0 Å². The van der Waals surface area contributed by atoms with E-state index in [0.29, 0.717) is 18.7 Å². The monoisotopic (exact) mass is 325 g/mol. The summed E-state index contributed by atoms with van der Waals surface area (Å²) in [6.45, 7) is 3.35. The Morgan fingerprint density at radius 1 is 1.29 bits per heavy atom. The normalized spacial score (nSPS) is 14.2. The summed E-state index contributed by atoms with van der Waals surface area (Å²) in [5.41, 5.74) is 1.87. The van der Waals surface area contributed by atoms with Gasteiger partial charge in [0.15, 0.2) is 0 Å². The molecule has 2 heterocycles. The Bertz CT molecular complexity index is 707. The number of hydrogen-bond donors (Lipinski definition) is 0. The summed E-state index contributed by atoms with van der Waals surface area (Å²) >= 11 is 0. The van der Waals surface area contributed by atoms with Gasteiger partial charge in [0.05, 0.1) is 18.7 Å². The van der Waals surface area contributed by atoms with E-state index in [4.69, 9.17) is 4.74 Å². The molecule has 0 aliphatic carbocycles. The summed E-state index contributed by atoms with van der Waals surface area (Å²) < 4.78 is 5.94. The Morgan fingerprint density at radius 3 is 2.71 bits per heavy atom. The van der Waals surface area contributed by atoms with Gasteiger partial charge in [-0.1, -0.05) is 19.1 Å². The third kappa shape index (κ3) is 3.50. The molecule has 0 atom stereocenters. The first-order chi connectivity index (χ1) is 11.6. The molecule has 1 aliphatic heterocycles. The van der Waals surface area contributed by atoms with E-state index in [1.165, 1.54) is 5.56 Å². The van der Waals surface area contributed by atoms with Crippen LogP contribution in [0.25, 0.3) is 0 Å². The van der Waals surface area contributed by atoms with E-state index in [1.54, 1.807) is 11.1 Å². The number of likely N-dealkylation sites (tertiary alicyclic amines) is 1. The van der Waals surface area contributed by atoms with E-state index in [-0.39, 0.29) is 12.0 Å². The largest absolute Gasteiger partial charge is 0.487 e. The Hall–Kier alpha value is -2.56. The number of benzene rings is 1. The summed E-state index contributed by atoms with van der Waals surface area (Å²) in [5, 5.41) is 0. The summed E-state index contributed by atoms with van der Waals surface area (Å²) in [6.07, 6.45) is 2.69. The van der Waals surface area contributed by atoms with Crippen LogP contribution in [0.5, 0.6) is 5.75 Å². The van der Waals surface area contributed by atoms with Crippen molar-refractivity contribution >= 4 is 11.7 Å². The van der Waals surface area contributed by atoms with Crippen molar-refractivity contribution in [2.75, 3.05) is 32.1 Å². The lowest BCUT2D eigenvalue weighted by molar-refractivity contribution is 0.0177. The molecule has 0 radical (unpaired) electrons. The zero-order valence-electron chi connectivity index (χ0n) is 14.4. The number of anilines is 1. The number of amides is 1. The Kier molecular flexibility index (Phi) is 4.69. The average Bonchev–Trinajstić information content (AvgIpc) is 2.57. The Balaban J connectivity index is 1.54. The quantitative estimate of drug-likeness (QED) is 0.848. The zero-order valence-corrected chi connectivity index (χ0v) is 14.4. The lowest BCUT2D eigenvalue weighted by Crippen LogP contribution is -2.56. The maximum atomic E-state index is 12.4. The number of pyridine rings is 1. The van der Waals surface area contributed by atoms with Gasteiger partial charge in [0.25, 0.3) is 5.91 Å². The van der Waals surface area contributed by atoms with Gasteiger partial charge in [-0.15, -0.1) is 0 Å². The van der Waals surface area contributed by atoms with Crippen molar-refractivity contribution in [3.8, 4) is 5.75 Å². The molecule has 0 bridgehead atoms. The second kappa shape index (κ2) is 6.91. The minimum atomic E-state index is 0.00923. The predicted molar refractivity (Wildman–Crippen MR) is 94.7 cm³/mol. The molecule has 0 saturated carbocycles. The minimum absolute atomic E-state index is 0.00923. The highest BCUT2D eigenvalue weighted by Crippen LogP contribution is 2.21. The molecule has 1 saturated heterocycles. The fraction of sp³-hybridized carbons (Fsp3) is 0.368. The van der Waals surface area contributed by atoms with E-state index >= 15 is 0 Å². The first-order valence-corrected chi connectivity index (χ1v) is 8.25. The van der Waals surface area contributed by atoms with E-state index in [9.17, 15) is 4.79 Å².